The van der Waals surface area contributed by atoms with Crippen molar-refractivity contribution in [3.8, 4) is 0 Å². The number of benzene rings is 1. The van der Waals surface area contributed by atoms with E-state index in [9.17, 15) is 9.59 Å². The molecule has 3 aromatic rings. The fourth-order valence-corrected chi connectivity index (χ4v) is 3.96. The second-order valence-corrected chi connectivity index (χ2v) is 8.15. The van der Waals surface area contributed by atoms with Gasteiger partial charge in [-0.3, -0.25) is 9.59 Å². The number of esters is 1. The first kappa shape index (κ1) is 20.8. The van der Waals surface area contributed by atoms with Gasteiger partial charge in [0.15, 0.2) is 0 Å². The molecule has 0 bridgehead atoms. The van der Waals surface area contributed by atoms with Crippen LogP contribution in [0.5, 0.6) is 0 Å². The number of carbonyl (C=O) groups excluding carboxylic acids is 1. The Balaban J connectivity index is 1.56. The minimum absolute atomic E-state index is 0.0576. The summed E-state index contributed by atoms with van der Waals surface area (Å²) in [5, 5.41) is 5.66. The van der Waals surface area contributed by atoms with Crippen molar-refractivity contribution in [3.05, 3.63) is 56.4 Å². The molecular formula is C18H18ClN3O4S2. The van der Waals surface area contributed by atoms with Crippen LogP contribution in [0.4, 0.5) is 0 Å². The molecule has 0 aliphatic rings. The van der Waals surface area contributed by atoms with Crippen LogP contribution in [-0.4, -0.2) is 39.5 Å². The number of hydrogen-bond donors (Lipinski definition) is 0. The highest BCUT2D eigenvalue weighted by atomic mass is 35.5. The number of halogens is 1. The summed E-state index contributed by atoms with van der Waals surface area (Å²) in [6.45, 7) is 3.04. The van der Waals surface area contributed by atoms with Crippen LogP contribution < -0.4 is 5.56 Å². The molecule has 2 aromatic heterocycles. The second-order valence-electron chi connectivity index (χ2n) is 5.63. The van der Waals surface area contributed by atoms with E-state index in [-0.39, 0.29) is 23.9 Å². The first-order valence-electron chi connectivity index (χ1n) is 8.55. The Labute approximate surface area is 174 Å². The summed E-state index contributed by atoms with van der Waals surface area (Å²) in [4.78, 5) is 29.9. The van der Waals surface area contributed by atoms with Crippen molar-refractivity contribution in [1.29, 1.82) is 0 Å². The van der Waals surface area contributed by atoms with Crippen LogP contribution in [-0.2, 0) is 27.3 Å². The van der Waals surface area contributed by atoms with Crippen LogP contribution >= 0.6 is 34.7 Å². The van der Waals surface area contributed by atoms with Gasteiger partial charge in [0.2, 0.25) is 4.96 Å². The molecule has 28 heavy (non-hydrogen) atoms. The Morgan fingerprint density at radius 3 is 2.86 bits per heavy atom. The predicted molar refractivity (Wildman–Crippen MR) is 109 cm³/mol. The molecule has 0 amide bonds. The van der Waals surface area contributed by atoms with E-state index in [1.165, 1.54) is 33.7 Å². The number of fused-ring (bicyclic) bond motifs is 1. The monoisotopic (exact) mass is 439 g/mol. The highest BCUT2D eigenvalue weighted by Gasteiger charge is 2.11. The van der Waals surface area contributed by atoms with Gasteiger partial charge in [-0.15, -0.1) is 11.8 Å². The van der Waals surface area contributed by atoms with Gasteiger partial charge >= 0.3 is 5.97 Å². The number of rotatable bonds is 9. The maximum atomic E-state index is 12.2. The lowest BCUT2D eigenvalue weighted by molar-refractivity contribution is -0.141. The predicted octanol–water partition coefficient (Wildman–Crippen LogP) is 3.22. The van der Waals surface area contributed by atoms with Crippen molar-refractivity contribution in [1.82, 2.24) is 14.6 Å². The van der Waals surface area contributed by atoms with Gasteiger partial charge in [-0.1, -0.05) is 22.9 Å². The molecule has 0 aliphatic heterocycles. The molecule has 0 atom stereocenters. The molecule has 148 valence electrons. The number of nitrogens with zero attached hydrogens (tertiary/aromatic N) is 3. The van der Waals surface area contributed by atoms with Crippen molar-refractivity contribution in [3.63, 3.8) is 0 Å². The number of aromatic nitrogens is 3. The third-order valence-corrected chi connectivity index (χ3v) is 5.76. The fraction of sp³-hybridized carbons (Fsp3) is 0.333. The standard InChI is InChI=1S/C18H18ClN3O4S2/c1-2-25-8-7-15-21-22-16(23)9-13(20-18(22)28-15)10-26-17(24)11-27-14-5-3-12(19)4-6-14/h3-6,9H,2,7-8,10-11H2,1H3. The van der Waals surface area contributed by atoms with Crippen molar-refractivity contribution in [2.45, 2.75) is 24.8 Å². The minimum Gasteiger partial charge on any atom is -0.459 e. The maximum Gasteiger partial charge on any atom is 0.316 e. The molecule has 7 nitrogen and oxygen atoms in total. The Morgan fingerprint density at radius 2 is 2.11 bits per heavy atom. The lowest BCUT2D eigenvalue weighted by Crippen LogP contribution is -2.17. The number of carbonyl (C=O) groups is 1. The van der Waals surface area contributed by atoms with E-state index in [4.69, 9.17) is 21.1 Å². The normalized spacial score (nSPS) is 11.1. The Kier molecular flexibility index (Phi) is 7.43. The highest BCUT2D eigenvalue weighted by Crippen LogP contribution is 2.20. The third-order valence-electron chi connectivity index (χ3n) is 3.56. The van der Waals surface area contributed by atoms with Gasteiger partial charge in [0.05, 0.1) is 18.1 Å². The van der Waals surface area contributed by atoms with E-state index in [2.05, 4.69) is 10.1 Å². The molecule has 0 fully saturated rings. The minimum atomic E-state index is -0.386. The van der Waals surface area contributed by atoms with Gasteiger partial charge in [-0.2, -0.15) is 9.61 Å². The molecule has 3 rings (SSSR count). The molecule has 0 N–H and O–H groups in total. The molecule has 1 aromatic carbocycles. The van der Waals surface area contributed by atoms with Gasteiger partial charge in [0.25, 0.3) is 5.56 Å². The van der Waals surface area contributed by atoms with Gasteiger partial charge in [-0.25, -0.2) is 4.98 Å². The van der Waals surface area contributed by atoms with Gasteiger partial charge in [0.1, 0.15) is 11.6 Å². The summed E-state index contributed by atoms with van der Waals surface area (Å²) in [6, 6.07) is 8.53. The third kappa shape index (κ3) is 5.78. The molecule has 10 heteroatoms. The molecule has 0 aliphatic carbocycles. The van der Waals surface area contributed by atoms with Crippen LogP contribution in [0.2, 0.25) is 5.02 Å². The molecule has 2 heterocycles. The lowest BCUT2D eigenvalue weighted by Gasteiger charge is -2.04. The van der Waals surface area contributed by atoms with Crippen molar-refractivity contribution in [2.24, 2.45) is 0 Å². The largest absolute Gasteiger partial charge is 0.459 e. The van der Waals surface area contributed by atoms with E-state index in [1.54, 1.807) is 12.1 Å². The van der Waals surface area contributed by atoms with E-state index >= 15 is 0 Å². The van der Waals surface area contributed by atoms with E-state index < -0.39 is 0 Å². The SMILES string of the molecule is CCOCCc1nn2c(=O)cc(COC(=O)CSc3ccc(Cl)cc3)nc2s1. The summed E-state index contributed by atoms with van der Waals surface area (Å²) in [5.74, 6) is -0.228. The smallest absolute Gasteiger partial charge is 0.316 e. The topological polar surface area (TPSA) is 82.8 Å². The zero-order valence-corrected chi connectivity index (χ0v) is 17.5. The number of ether oxygens (including phenoxy) is 2. The van der Waals surface area contributed by atoms with Gasteiger partial charge in [-0.05, 0) is 31.2 Å². The molecular weight excluding hydrogens is 422 g/mol. The van der Waals surface area contributed by atoms with Crippen LogP contribution in [0, 0.1) is 0 Å². The zero-order valence-electron chi connectivity index (χ0n) is 15.1. The summed E-state index contributed by atoms with van der Waals surface area (Å²) in [5.41, 5.74) is 0.0975. The average molecular weight is 440 g/mol. The lowest BCUT2D eigenvalue weighted by atomic mass is 10.4. The molecule has 0 saturated heterocycles. The Morgan fingerprint density at radius 1 is 1.32 bits per heavy atom. The Bertz CT molecular complexity index is 1000. The molecule has 0 spiro atoms. The van der Waals surface area contributed by atoms with Crippen molar-refractivity contribution in [2.75, 3.05) is 19.0 Å². The summed E-state index contributed by atoms with van der Waals surface area (Å²) < 4.78 is 11.8. The van der Waals surface area contributed by atoms with E-state index in [0.717, 1.165) is 9.90 Å². The second kappa shape index (κ2) is 10.0. The fourth-order valence-electron chi connectivity index (χ4n) is 2.24. The molecule has 0 saturated carbocycles. The van der Waals surface area contributed by atoms with Crippen LogP contribution in [0.15, 0.2) is 40.0 Å². The van der Waals surface area contributed by atoms with Gasteiger partial charge in [0, 0.05) is 29.0 Å². The summed E-state index contributed by atoms with van der Waals surface area (Å²) in [7, 11) is 0. The van der Waals surface area contributed by atoms with Crippen molar-refractivity contribution >= 4 is 45.6 Å². The molecule has 0 radical (unpaired) electrons. The quantitative estimate of drug-likeness (QED) is 0.287. The van der Waals surface area contributed by atoms with Crippen LogP contribution in [0.3, 0.4) is 0 Å². The maximum absolute atomic E-state index is 12.2. The summed E-state index contributed by atoms with van der Waals surface area (Å²) >= 11 is 8.51. The average Bonchev–Trinajstić information content (AvgIpc) is 3.10. The first-order valence-corrected chi connectivity index (χ1v) is 10.7. The van der Waals surface area contributed by atoms with Gasteiger partial charge < -0.3 is 9.47 Å². The van der Waals surface area contributed by atoms with Crippen LogP contribution in [0.1, 0.15) is 17.6 Å². The first-order chi connectivity index (χ1) is 13.5. The van der Waals surface area contributed by atoms with E-state index in [0.29, 0.717) is 35.3 Å². The molecule has 0 unspecified atom stereocenters. The highest BCUT2D eigenvalue weighted by molar-refractivity contribution is 8.00. The van der Waals surface area contributed by atoms with E-state index in [1.807, 2.05) is 19.1 Å². The summed E-state index contributed by atoms with van der Waals surface area (Å²) in [6.07, 6.45) is 0.619. The number of hydrogen-bond acceptors (Lipinski definition) is 8. The Hall–Kier alpha value is -1.94. The zero-order chi connectivity index (χ0) is 19.9. The number of thioether (sulfide) groups is 1. The van der Waals surface area contributed by atoms with Crippen molar-refractivity contribution < 1.29 is 14.3 Å². The van der Waals surface area contributed by atoms with Crippen LogP contribution in [0.25, 0.3) is 4.96 Å².